The van der Waals surface area contributed by atoms with Crippen LogP contribution in [0.2, 0.25) is 18.6 Å². The van der Waals surface area contributed by atoms with E-state index >= 15 is 0 Å². The summed E-state index contributed by atoms with van der Waals surface area (Å²) >= 11 is -0.556. The van der Waals surface area contributed by atoms with Gasteiger partial charge >= 0.3 is 35.6 Å². The molecule has 1 saturated carbocycles. The first-order valence-electron chi connectivity index (χ1n) is 8.31. The van der Waals surface area contributed by atoms with Gasteiger partial charge < -0.3 is 22.2 Å². The molecular weight excluding hydrogens is 393 g/mol. The quantitative estimate of drug-likeness (QED) is 0.434. The molecule has 0 N–H and O–H groups in total. The average Bonchev–Trinajstić information content (AvgIpc) is 2.65. The second kappa shape index (κ2) is 11.3. The maximum absolute atomic E-state index is 5.28. The predicted molar refractivity (Wildman–Crippen MR) is 111 cm³/mol. The van der Waals surface area contributed by atoms with E-state index in [9.17, 15) is 0 Å². The van der Waals surface area contributed by atoms with Gasteiger partial charge in [0.15, 0.2) is 0 Å². The van der Waals surface area contributed by atoms with Crippen molar-refractivity contribution in [3.63, 3.8) is 0 Å². The first-order valence-corrected chi connectivity index (χ1v) is 15.6. The van der Waals surface area contributed by atoms with Gasteiger partial charge in [0.05, 0.1) is 0 Å². The van der Waals surface area contributed by atoms with E-state index in [1.54, 1.807) is 0 Å². The molecule has 24 heavy (non-hydrogen) atoms. The molecule has 0 aromatic carbocycles. The van der Waals surface area contributed by atoms with Crippen molar-refractivity contribution in [2.45, 2.75) is 70.4 Å². The van der Waals surface area contributed by atoms with Crippen LogP contribution in [0.5, 0.6) is 0 Å². The van der Waals surface area contributed by atoms with Crippen LogP contribution < -0.4 is 0 Å². The Kier molecular flexibility index (Phi) is 13.0. The van der Waals surface area contributed by atoms with E-state index in [0.717, 1.165) is 5.54 Å². The van der Waals surface area contributed by atoms with Crippen molar-refractivity contribution < 1.29 is 17.0 Å². The van der Waals surface area contributed by atoms with Gasteiger partial charge in [0.1, 0.15) is 0 Å². The zero-order valence-electron chi connectivity index (χ0n) is 17.6. The van der Waals surface area contributed by atoms with E-state index in [2.05, 4.69) is 78.8 Å². The van der Waals surface area contributed by atoms with Crippen LogP contribution in [0.3, 0.4) is 0 Å². The minimum absolute atomic E-state index is 0. The standard InChI is InChI=1S/C16H36N3Si.CH3.2ClH.Ti/c1-12-13(18(5)6)11-14(15(12)19(7)8)20(9,10)17-16(2,3)4;;;;/h12-15H,11H2,1-10H3;1H3;2*1H;/q2*-1;;;+2/p-2/t12-,13?,14?,15?;;;;/m1..../s1. The van der Waals surface area contributed by atoms with Gasteiger partial charge in [0, 0.05) is 12.1 Å². The Morgan fingerprint density at radius 2 is 1.46 bits per heavy atom. The van der Waals surface area contributed by atoms with Crippen molar-refractivity contribution in [2.75, 3.05) is 28.2 Å². The number of nitrogens with zero attached hydrogens (tertiary/aromatic N) is 3. The number of hydrogen-bond acceptors (Lipinski definition) is 2. The third-order valence-electron chi connectivity index (χ3n) is 4.84. The summed E-state index contributed by atoms with van der Waals surface area (Å²) in [5, 5.41) is 0. The number of hydrogen-bond donors (Lipinski definition) is 0. The van der Waals surface area contributed by atoms with Crippen LogP contribution in [0, 0.1) is 13.3 Å². The molecule has 1 rings (SSSR count). The number of rotatable bonds is 4. The second-order valence-electron chi connectivity index (χ2n) is 8.69. The minimum atomic E-state index is -1.60. The molecule has 0 heterocycles. The summed E-state index contributed by atoms with van der Waals surface area (Å²) < 4.78 is 0. The first kappa shape index (κ1) is 27.6. The van der Waals surface area contributed by atoms with Crippen molar-refractivity contribution in [1.82, 2.24) is 9.80 Å². The molecule has 0 bridgehead atoms. The topological polar surface area (TPSA) is 20.6 Å². The molecule has 3 unspecified atom stereocenters. The molecule has 146 valence electrons. The molecular formula is C17H39Cl2N3SiTi-2. The third kappa shape index (κ3) is 8.39. The summed E-state index contributed by atoms with van der Waals surface area (Å²) in [6, 6.07) is 1.35. The van der Waals surface area contributed by atoms with Gasteiger partial charge in [-0.2, -0.15) is 0 Å². The predicted octanol–water partition coefficient (Wildman–Crippen LogP) is 5.46. The van der Waals surface area contributed by atoms with Crippen LogP contribution in [-0.2, 0) is 17.0 Å². The van der Waals surface area contributed by atoms with Crippen LogP contribution in [0.1, 0.15) is 34.1 Å². The maximum atomic E-state index is 5.28. The van der Waals surface area contributed by atoms with E-state index in [1.165, 1.54) is 6.42 Å². The monoisotopic (exact) mass is 431 g/mol. The van der Waals surface area contributed by atoms with E-state index < -0.39 is 25.3 Å². The summed E-state index contributed by atoms with van der Waals surface area (Å²) in [4.78, 5) is 10.1. The molecule has 1 aliphatic carbocycles. The fourth-order valence-electron chi connectivity index (χ4n) is 4.37. The van der Waals surface area contributed by atoms with Crippen LogP contribution >= 0.6 is 18.6 Å². The molecule has 0 spiro atoms. The van der Waals surface area contributed by atoms with Gasteiger partial charge in [-0.15, -0.1) is 5.54 Å². The van der Waals surface area contributed by atoms with Crippen molar-refractivity contribution in [2.24, 2.45) is 5.92 Å². The summed E-state index contributed by atoms with van der Waals surface area (Å²) in [5.41, 5.74) is 0.839. The van der Waals surface area contributed by atoms with E-state index in [4.69, 9.17) is 23.6 Å². The second-order valence-corrected chi connectivity index (χ2v) is 15.5. The van der Waals surface area contributed by atoms with Gasteiger partial charge in [-0.3, -0.25) is 0 Å². The summed E-state index contributed by atoms with van der Waals surface area (Å²) in [5.74, 6) is 0.715. The van der Waals surface area contributed by atoms with E-state index in [0.29, 0.717) is 18.0 Å². The van der Waals surface area contributed by atoms with Crippen molar-refractivity contribution in [3.05, 3.63) is 12.4 Å². The first-order chi connectivity index (χ1) is 10.3. The van der Waals surface area contributed by atoms with Crippen LogP contribution in [0.4, 0.5) is 0 Å². The van der Waals surface area contributed by atoms with Crippen LogP contribution in [0.15, 0.2) is 0 Å². The Bertz CT molecular complexity index is 349. The molecule has 7 heteroatoms. The molecule has 0 radical (unpaired) electrons. The fourth-order valence-corrected chi connectivity index (χ4v) is 8.52. The zero-order valence-corrected chi connectivity index (χ0v) is 21.7. The summed E-state index contributed by atoms with van der Waals surface area (Å²) in [7, 11) is 17.1. The Morgan fingerprint density at radius 1 is 1.04 bits per heavy atom. The average molecular weight is 432 g/mol. The van der Waals surface area contributed by atoms with Crippen molar-refractivity contribution >= 4 is 26.8 Å². The third-order valence-corrected chi connectivity index (χ3v) is 8.48. The molecule has 1 fully saturated rings. The van der Waals surface area contributed by atoms with E-state index in [-0.39, 0.29) is 13.0 Å². The van der Waals surface area contributed by atoms with Crippen molar-refractivity contribution in [3.8, 4) is 0 Å². The van der Waals surface area contributed by atoms with Gasteiger partial charge in [0.25, 0.3) is 0 Å². The Labute approximate surface area is 170 Å². The molecule has 0 aromatic rings. The molecule has 4 atom stereocenters. The summed E-state index contributed by atoms with van der Waals surface area (Å²) in [6.07, 6.45) is 1.30. The normalized spacial score (nSPS) is 27.6. The number of halogens is 2. The van der Waals surface area contributed by atoms with Crippen LogP contribution in [-0.4, -0.2) is 63.8 Å². The van der Waals surface area contributed by atoms with Gasteiger partial charge in [-0.25, -0.2) is 0 Å². The van der Waals surface area contributed by atoms with E-state index in [1.807, 2.05) is 0 Å². The van der Waals surface area contributed by atoms with Crippen LogP contribution in [0.25, 0.3) is 4.98 Å². The van der Waals surface area contributed by atoms with Gasteiger partial charge in [-0.1, -0.05) is 49.0 Å². The van der Waals surface area contributed by atoms with Gasteiger partial charge in [-0.05, 0) is 46.1 Å². The Balaban J connectivity index is 0. The Hall–Kier alpha value is 1.39. The molecule has 0 aliphatic heterocycles. The molecule has 1 aliphatic rings. The summed E-state index contributed by atoms with van der Waals surface area (Å²) in [6.45, 7) is 14.1. The Morgan fingerprint density at radius 3 is 1.75 bits per heavy atom. The molecule has 3 nitrogen and oxygen atoms in total. The SMILES string of the molecule is C[C@@H]1C(N(C)C)CC([Si](C)(C)[N-]C(C)(C)C)C1N(C)C.[CH3-].[Cl][Ti][Cl]. The fraction of sp³-hybridized carbons (Fsp3) is 0.941. The molecule has 0 saturated heterocycles. The molecule has 0 aromatic heterocycles. The van der Waals surface area contributed by atoms with Crippen molar-refractivity contribution in [1.29, 1.82) is 0 Å². The zero-order chi connectivity index (χ0) is 18.6. The van der Waals surface area contributed by atoms with Gasteiger partial charge in [0.2, 0.25) is 0 Å². The molecule has 0 amide bonds.